The summed E-state index contributed by atoms with van der Waals surface area (Å²) in [6.45, 7) is 8.34. The summed E-state index contributed by atoms with van der Waals surface area (Å²) in [6.07, 6.45) is 9.79. The van der Waals surface area contributed by atoms with Crippen molar-refractivity contribution in [3.8, 4) is 6.07 Å². The Hall–Kier alpha value is -1.82. The van der Waals surface area contributed by atoms with E-state index in [2.05, 4.69) is 73.3 Å². The van der Waals surface area contributed by atoms with Gasteiger partial charge in [0.05, 0.1) is 6.07 Å². The highest BCUT2D eigenvalue weighted by molar-refractivity contribution is 6.21. The van der Waals surface area contributed by atoms with Crippen LogP contribution in [0.3, 0.4) is 0 Å². The predicted octanol–water partition coefficient (Wildman–Crippen LogP) is 7.76. The van der Waals surface area contributed by atoms with Crippen molar-refractivity contribution in [2.24, 2.45) is 0 Å². The molecule has 2 nitrogen and oxygen atoms in total. The predicted molar refractivity (Wildman–Crippen MR) is 138 cm³/mol. The van der Waals surface area contributed by atoms with Gasteiger partial charge in [-0.25, -0.2) is 0 Å². The molecule has 2 aromatic rings. The fraction of sp³-hybridized carbons (Fsp3) is 0.552. The fourth-order valence-electron chi connectivity index (χ4n) is 4.89. The van der Waals surface area contributed by atoms with Gasteiger partial charge in [-0.3, -0.25) is 0 Å². The van der Waals surface area contributed by atoms with E-state index < -0.39 is 0 Å². The third kappa shape index (κ3) is 8.61. The van der Waals surface area contributed by atoms with Crippen molar-refractivity contribution in [3.05, 3.63) is 71.3 Å². The van der Waals surface area contributed by atoms with Crippen LogP contribution >= 0.6 is 11.6 Å². The Bertz CT molecular complexity index is 781. The fourth-order valence-corrected chi connectivity index (χ4v) is 5.31. The number of likely N-dealkylation sites (N-methyl/N-ethyl adjacent to an activating group) is 1. The van der Waals surface area contributed by atoms with Gasteiger partial charge < -0.3 is 4.90 Å². The minimum Gasteiger partial charge on any atom is -0.300 e. The molecule has 0 N–H and O–H groups in total. The number of hydrogen-bond donors (Lipinski definition) is 0. The second-order valence-corrected chi connectivity index (χ2v) is 9.40. The summed E-state index contributed by atoms with van der Waals surface area (Å²) in [7, 11) is 0. The van der Waals surface area contributed by atoms with E-state index in [4.69, 9.17) is 16.9 Å². The van der Waals surface area contributed by atoms with Crippen LogP contribution in [0.1, 0.15) is 81.9 Å². The van der Waals surface area contributed by atoms with E-state index in [1.807, 2.05) is 0 Å². The van der Waals surface area contributed by atoms with Crippen molar-refractivity contribution in [2.75, 3.05) is 13.1 Å². The van der Waals surface area contributed by atoms with Crippen LogP contribution < -0.4 is 0 Å². The van der Waals surface area contributed by atoms with Crippen LogP contribution in [0.15, 0.2) is 54.6 Å². The van der Waals surface area contributed by atoms with Crippen LogP contribution in [0, 0.1) is 11.3 Å². The second-order valence-electron chi connectivity index (χ2n) is 8.84. The number of aryl methyl sites for hydroxylation is 1. The molecule has 3 rings (SSSR count). The highest BCUT2D eigenvalue weighted by Crippen LogP contribution is 2.36. The van der Waals surface area contributed by atoms with E-state index in [0.29, 0.717) is 17.3 Å². The van der Waals surface area contributed by atoms with Crippen molar-refractivity contribution < 1.29 is 0 Å². The van der Waals surface area contributed by atoms with Gasteiger partial charge in [-0.1, -0.05) is 81.3 Å². The standard InChI is InChI=1S/C27H38ClN.C2H3N/c1-3-25(29(4-2)21-20-22-10-6-5-7-11-22)19-16-23-14-17-24(18-15-23)26-12-8-9-13-27(26)28;1-2-3/h5-7,10-11,14-15,17-18,25-27H,3-4,8-9,12-13,16,19-21H2,1-2H3;1H3. The van der Waals surface area contributed by atoms with Crippen LogP contribution in [0.5, 0.6) is 0 Å². The molecule has 0 aromatic heterocycles. The SMILES string of the molecule is CC#N.CCC(CCc1ccc(C2CCCCC2Cl)cc1)N(CC)CCc1ccccc1. The lowest BCUT2D eigenvalue weighted by molar-refractivity contribution is 0.193. The molecule has 1 aliphatic rings. The smallest absolute Gasteiger partial charge is 0.0587 e. The van der Waals surface area contributed by atoms with E-state index in [-0.39, 0.29) is 0 Å². The molecule has 0 saturated heterocycles. The number of hydrogen-bond acceptors (Lipinski definition) is 2. The summed E-state index contributed by atoms with van der Waals surface area (Å²) < 4.78 is 0. The minimum absolute atomic E-state index is 0.321. The molecule has 1 aliphatic carbocycles. The molecule has 0 aliphatic heterocycles. The molecular formula is C29H41ClN2. The molecule has 0 spiro atoms. The normalized spacial score (nSPS) is 19.0. The summed E-state index contributed by atoms with van der Waals surface area (Å²) in [5.41, 5.74) is 4.35. The molecule has 3 unspecified atom stereocenters. The highest BCUT2D eigenvalue weighted by atomic mass is 35.5. The molecule has 174 valence electrons. The Kier molecular flexibility index (Phi) is 12.5. The van der Waals surface area contributed by atoms with Crippen molar-refractivity contribution in [1.29, 1.82) is 5.26 Å². The second kappa shape index (κ2) is 15.1. The van der Waals surface area contributed by atoms with Crippen molar-refractivity contribution in [1.82, 2.24) is 4.90 Å². The first-order valence-electron chi connectivity index (χ1n) is 12.4. The van der Waals surface area contributed by atoms with Gasteiger partial charge in [0.15, 0.2) is 0 Å². The molecule has 1 saturated carbocycles. The third-order valence-corrected chi connectivity index (χ3v) is 7.30. The number of nitrogens with zero attached hydrogens (tertiary/aromatic N) is 2. The van der Waals surface area contributed by atoms with Crippen LogP contribution in [-0.4, -0.2) is 29.4 Å². The Morgan fingerprint density at radius 1 is 0.969 bits per heavy atom. The average molecular weight is 453 g/mol. The van der Waals surface area contributed by atoms with Crippen LogP contribution in [0.25, 0.3) is 0 Å². The van der Waals surface area contributed by atoms with Gasteiger partial charge in [0.25, 0.3) is 0 Å². The summed E-state index contributed by atoms with van der Waals surface area (Å²) in [4.78, 5) is 2.67. The number of alkyl halides is 1. The van der Waals surface area contributed by atoms with E-state index in [9.17, 15) is 0 Å². The van der Waals surface area contributed by atoms with Crippen molar-refractivity contribution >= 4 is 11.6 Å². The molecule has 0 amide bonds. The number of halogens is 1. The zero-order valence-electron chi connectivity index (χ0n) is 20.3. The lowest BCUT2D eigenvalue weighted by Gasteiger charge is -2.30. The maximum Gasteiger partial charge on any atom is 0.0587 e. The number of rotatable bonds is 10. The average Bonchev–Trinajstić information content (AvgIpc) is 2.83. The molecule has 32 heavy (non-hydrogen) atoms. The first-order chi connectivity index (χ1) is 15.6. The zero-order valence-corrected chi connectivity index (χ0v) is 21.0. The molecular weight excluding hydrogens is 412 g/mol. The van der Waals surface area contributed by atoms with E-state index >= 15 is 0 Å². The Morgan fingerprint density at radius 2 is 1.59 bits per heavy atom. The summed E-state index contributed by atoms with van der Waals surface area (Å²) >= 11 is 6.60. The van der Waals surface area contributed by atoms with Crippen LogP contribution in [-0.2, 0) is 12.8 Å². The summed E-state index contributed by atoms with van der Waals surface area (Å²) in [5.74, 6) is 0.552. The van der Waals surface area contributed by atoms with Gasteiger partial charge in [0.2, 0.25) is 0 Å². The van der Waals surface area contributed by atoms with Gasteiger partial charge in [-0.15, -0.1) is 11.6 Å². The topological polar surface area (TPSA) is 27.0 Å². The monoisotopic (exact) mass is 452 g/mol. The molecule has 3 heteroatoms. The Morgan fingerprint density at radius 3 is 2.19 bits per heavy atom. The van der Waals surface area contributed by atoms with Gasteiger partial charge in [0, 0.05) is 30.8 Å². The van der Waals surface area contributed by atoms with Gasteiger partial charge in [-0.05, 0) is 61.8 Å². The van der Waals surface area contributed by atoms with E-state index in [0.717, 1.165) is 25.9 Å². The molecule has 1 fully saturated rings. The van der Waals surface area contributed by atoms with Gasteiger partial charge >= 0.3 is 0 Å². The first kappa shape index (κ1) is 26.4. The largest absolute Gasteiger partial charge is 0.300 e. The van der Waals surface area contributed by atoms with Crippen molar-refractivity contribution in [3.63, 3.8) is 0 Å². The van der Waals surface area contributed by atoms with E-state index in [1.165, 1.54) is 62.1 Å². The first-order valence-corrected chi connectivity index (χ1v) is 12.9. The lowest BCUT2D eigenvalue weighted by Crippen LogP contribution is -2.36. The van der Waals surface area contributed by atoms with Crippen LogP contribution in [0.2, 0.25) is 0 Å². The lowest BCUT2D eigenvalue weighted by atomic mass is 9.83. The number of nitriles is 1. The third-order valence-electron chi connectivity index (χ3n) is 6.78. The quantitative estimate of drug-likeness (QED) is 0.344. The maximum absolute atomic E-state index is 7.32. The highest BCUT2D eigenvalue weighted by Gasteiger charge is 2.24. The summed E-state index contributed by atoms with van der Waals surface area (Å²) in [6, 6.07) is 22.7. The van der Waals surface area contributed by atoms with Gasteiger partial charge in [0.1, 0.15) is 0 Å². The molecule has 0 radical (unpaired) electrons. The molecule has 0 heterocycles. The van der Waals surface area contributed by atoms with Gasteiger partial charge in [-0.2, -0.15) is 5.26 Å². The number of benzene rings is 2. The Labute approximate surface area is 201 Å². The van der Waals surface area contributed by atoms with Crippen molar-refractivity contribution in [2.45, 2.75) is 89.5 Å². The molecule has 2 aromatic carbocycles. The zero-order chi connectivity index (χ0) is 23.2. The molecule has 3 atom stereocenters. The minimum atomic E-state index is 0.321. The molecule has 0 bridgehead atoms. The van der Waals surface area contributed by atoms with E-state index in [1.54, 1.807) is 6.07 Å². The maximum atomic E-state index is 7.32. The van der Waals surface area contributed by atoms with Crippen LogP contribution in [0.4, 0.5) is 0 Å². The Balaban J connectivity index is 0.00000114. The summed E-state index contributed by atoms with van der Waals surface area (Å²) in [5, 5.41) is 7.64.